The van der Waals surface area contributed by atoms with E-state index < -0.39 is 0 Å². The Morgan fingerprint density at radius 1 is 0.880 bits per heavy atom. The maximum Gasteiger partial charge on any atom is 0.147 e. The highest BCUT2D eigenvalue weighted by Gasteiger charge is 2.29. The lowest BCUT2D eigenvalue weighted by molar-refractivity contribution is 0.474. The van der Waals surface area contributed by atoms with Crippen LogP contribution in [0.25, 0.3) is 0 Å². The van der Waals surface area contributed by atoms with Gasteiger partial charge >= 0.3 is 0 Å². The maximum absolute atomic E-state index is 9.61. The number of phenolic OH excluding ortho intramolecular Hbond substituents is 1. The van der Waals surface area contributed by atoms with E-state index in [0.29, 0.717) is 0 Å². The van der Waals surface area contributed by atoms with Crippen molar-refractivity contribution in [2.45, 2.75) is 6.04 Å². The first-order valence-electron chi connectivity index (χ1n) is 8.28. The second-order valence-corrected chi connectivity index (χ2v) is 6.02. The minimum Gasteiger partial charge on any atom is -0.508 e. The molecule has 0 aliphatic carbocycles. The van der Waals surface area contributed by atoms with E-state index >= 15 is 0 Å². The molecule has 1 aliphatic rings. The van der Waals surface area contributed by atoms with Crippen LogP contribution in [0.5, 0.6) is 5.75 Å². The number of phenols is 1. The summed E-state index contributed by atoms with van der Waals surface area (Å²) < 4.78 is 0. The van der Waals surface area contributed by atoms with Crippen molar-refractivity contribution in [3.05, 3.63) is 72.9 Å². The molecule has 126 valence electrons. The number of anilines is 2. The third-order valence-corrected chi connectivity index (χ3v) is 4.53. The largest absolute Gasteiger partial charge is 0.508 e. The molecule has 1 saturated heterocycles. The van der Waals surface area contributed by atoms with E-state index in [9.17, 15) is 5.11 Å². The first-order chi connectivity index (χ1) is 12.3. The number of pyridine rings is 1. The van der Waals surface area contributed by atoms with E-state index in [1.165, 1.54) is 0 Å². The highest BCUT2D eigenvalue weighted by molar-refractivity contribution is 5.50. The summed E-state index contributed by atoms with van der Waals surface area (Å²) in [5.74, 6) is 1.14. The maximum atomic E-state index is 9.61. The Morgan fingerprint density at radius 2 is 1.68 bits per heavy atom. The zero-order valence-electron chi connectivity index (χ0n) is 13.7. The molecule has 1 atom stereocenters. The second-order valence-electron chi connectivity index (χ2n) is 6.02. The van der Waals surface area contributed by atoms with Crippen molar-refractivity contribution < 1.29 is 5.11 Å². The van der Waals surface area contributed by atoms with Gasteiger partial charge in [-0.2, -0.15) is 0 Å². The van der Waals surface area contributed by atoms with E-state index in [4.69, 9.17) is 0 Å². The molecule has 6 heteroatoms. The molecule has 0 spiro atoms. The fourth-order valence-corrected chi connectivity index (χ4v) is 3.27. The Morgan fingerprint density at radius 3 is 2.40 bits per heavy atom. The number of benzene rings is 1. The van der Waals surface area contributed by atoms with Crippen LogP contribution in [-0.4, -0.2) is 39.7 Å². The lowest BCUT2D eigenvalue weighted by Gasteiger charge is -2.43. The Bertz CT molecular complexity index is 810. The molecule has 3 heterocycles. The minimum absolute atomic E-state index is 0.124. The van der Waals surface area contributed by atoms with Crippen LogP contribution in [0, 0.1) is 0 Å². The summed E-state index contributed by atoms with van der Waals surface area (Å²) in [7, 11) is 0. The van der Waals surface area contributed by atoms with Gasteiger partial charge in [-0.05, 0) is 29.8 Å². The third kappa shape index (κ3) is 3.24. The van der Waals surface area contributed by atoms with E-state index in [1.54, 1.807) is 30.7 Å². The van der Waals surface area contributed by atoms with E-state index in [2.05, 4.69) is 24.8 Å². The summed E-state index contributed by atoms with van der Waals surface area (Å²) in [6.07, 6.45) is 8.85. The Hall–Kier alpha value is -3.15. The van der Waals surface area contributed by atoms with Crippen molar-refractivity contribution in [1.29, 1.82) is 0 Å². The molecule has 2 aromatic heterocycles. The molecule has 0 bridgehead atoms. The van der Waals surface area contributed by atoms with Gasteiger partial charge in [0.2, 0.25) is 0 Å². The topological polar surface area (TPSA) is 65.4 Å². The van der Waals surface area contributed by atoms with Gasteiger partial charge in [0, 0.05) is 50.1 Å². The highest BCUT2D eigenvalue weighted by Crippen LogP contribution is 2.31. The van der Waals surface area contributed by atoms with Crippen LogP contribution in [0.15, 0.2) is 67.4 Å². The average molecular weight is 333 g/mol. The summed E-state index contributed by atoms with van der Waals surface area (Å²) >= 11 is 0. The van der Waals surface area contributed by atoms with E-state index in [-0.39, 0.29) is 11.8 Å². The van der Waals surface area contributed by atoms with Gasteiger partial charge in [0.15, 0.2) is 0 Å². The zero-order valence-corrected chi connectivity index (χ0v) is 13.7. The van der Waals surface area contributed by atoms with Crippen LogP contribution in [0.3, 0.4) is 0 Å². The lowest BCUT2D eigenvalue weighted by Crippen LogP contribution is -2.49. The number of aromatic hydroxyl groups is 1. The minimum atomic E-state index is 0.124. The van der Waals surface area contributed by atoms with Gasteiger partial charge in [0.25, 0.3) is 0 Å². The first kappa shape index (κ1) is 15.4. The van der Waals surface area contributed by atoms with E-state index in [0.717, 1.165) is 36.7 Å². The van der Waals surface area contributed by atoms with Gasteiger partial charge in [-0.25, -0.2) is 4.98 Å². The molecule has 1 aliphatic heterocycles. The monoisotopic (exact) mass is 333 g/mol. The van der Waals surface area contributed by atoms with Gasteiger partial charge in [0.1, 0.15) is 11.6 Å². The van der Waals surface area contributed by atoms with Crippen LogP contribution in [-0.2, 0) is 0 Å². The van der Waals surface area contributed by atoms with Crippen molar-refractivity contribution in [2.75, 3.05) is 29.4 Å². The summed E-state index contributed by atoms with van der Waals surface area (Å²) in [5, 5.41) is 9.61. The molecule has 6 nitrogen and oxygen atoms in total. The number of hydrogen-bond donors (Lipinski definition) is 1. The molecule has 1 fully saturated rings. The fraction of sp³-hybridized carbons (Fsp3) is 0.211. The molecular weight excluding hydrogens is 314 g/mol. The Balaban J connectivity index is 1.67. The summed E-state index contributed by atoms with van der Waals surface area (Å²) in [5.41, 5.74) is 2.31. The van der Waals surface area contributed by atoms with Gasteiger partial charge in [0.05, 0.1) is 12.2 Å². The van der Waals surface area contributed by atoms with Crippen LogP contribution in [0.4, 0.5) is 11.5 Å². The lowest BCUT2D eigenvalue weighted by atomic mass is 10.0. The molecule has 0 saturated carbocycles. The fourth-order valence-electron chi connectivity index (χ4n) is 3.27. The summed E-state index contributed by atoms with van der Waals surface area (Å²) in [6.45, 7) is 2.56. The van der Waals surface area contributed by atoms with Crippen LogP contribution in [0.1, 0.15) is 11.6 Å². The Kier molecular flexibility index (Phi) is 4.16. The number of hydrogen-bond acceptors (Lipinski definition) is 6. The molecule has 0 radical (unpaired) electrons. The normalized spacial score (nSPS) is 17.5. The number of nitrogens with zero attached hydrogens (tertiary/aromatic N) is 5. The Labute approximate surface area is 146 Å². The van der Waals surface area contributed by atoms with Crippen LogP contribution >= 0.6 is 0 Å². The summed E-state index contributed by atoms with van der Waals surface area (Å²) in [6, 6.07) is 11.6. The molecule has 0 amide bonds. The predicted octanol–water partition coefficient (Wildman–Crippen LogP) is 2.65. The predicted molar refractivity (Wildman–Crippen MR) is 96.7 cm³/mol. The van der Waals surface area contributed by atoms with Crippen molar-refractivity contribution in [1.82, 2.24) is 15.0 Å². The van der Waals surface area contributed by atoms with E-state index in [1.807, 2.05) is 36.7 Å². The SMILES string of the molecule is Oc1ccc(C2CN(c3ccncc3)CCN2c2cnccn2)cc1. The smallest absolute Gasteiger partial charge is 0.147 e. The van der Waals surface area contributed by atoms with Crippen molar-refractivity contribution >= 4 is 11.5 Å². The molecular formula is C19H19N5O. The van der Waals surface area contributed by atoms with Crippen LogP contribution in [0.2, 0.25) is 0 Å². The second kappa shape index (κ2) is 6.76. The van der Waals surface area contributed by atoms with Crippen molar-refractivity contribution in [2.24, 2.45) is 0 Å². The quantitative estimate of drug-likeness (QED) is 0.795. The number of rotatable bonds is 3. The van der Waals surface area contributed by atoms with Crippen molar-refractivity contribution in [3.8, 4) is 5.75 Å². The van der Waals surface area contributed by atoms with Gasteiger partial charge in [-0.3, -0.25) is 9.97 Å². The molecule has 1 N–H and O–H groups in total. The molecule has 25 heavy (non-hydrogen) atoms. The van der Waals surface area contributed by atoms with Crippen LogP contribution < -0.4 is 9.80 Å². The number of aromatic nitrogens is 3. The van der Waals surface area contributed by atoms with Gasteiger partial charge in [-0.1, -0.05) is 12.1 Å². The molecule has 1 unspecified atom stereocenters. The standard InChI is InChI=1S/C19H19N5O/c25-17-3-1-15(2-4-17)18-14-23(16-5-7-20-8-6-16)11-12-24(18)19-13-21-9-10-22-19/h1-10,13,18,25H,11-12,14H2. The van der Waals surface area contributed by atoms with Crippen molar-refractivity contribution in [3.63, 3.8) is 0 Å². The zero-order chi connectivity index (χ0) is 17.1. The molecule has 4 rings (SSSR count). The van der Waals surface area contributed by atoms with Gasteiger partial charge in [-0.15, -0.1) is 0 Å². The first-order valence-corrected chi connectivity index (χ1v) is 8.28. The summed E-state index contributed by atoms with van der Waals surface area (Å²) in [4.78, 5) is 17.4. The highest BCUT2D eigenvalue weighted by atomic mass is 16.3. The molecule has 3 aromatic rings. The molecule has 1 aromatic carbocycles. The van der Waals surface area contributed by atoms with Gasteiger partial charge < -0.3 is 14.9 Å². The third-order valence-electron chi connectivity index (χ3n) is 4.53. The number of piperazine rings is 1. The average Bonchev–Trinajstić information content (AvgIpc) is 2.69.